The normalized spacial score (nSPS) is 14.7. The van der Waals surface area contributed by atoms with Crippen molar-refractivity contribution < 1.29 is 0 Å². The van der Waals surface area contributed by atoms with E-state index < -0.39 is 0 Å². The van der Waals surface area contributed by atoms with Crippen LogP contribution in [0.4, 0.5) is 0 Å². The second-order valence-electron chi connectivity index (χ2n) is 13.0. The number of hydrogen-bond acceptors (Lipinski definition) is 3. The van der Waals surface area contributed by atoms with E-state index in [1.807, 2.05) is 36.4 Å². The molecule has 0 N–H and O–H groups in total. The molecule has 0 aliphatic heterocycles. The first-order valence-corrected chi connectivity index (χ1v) is 15.3. The third kappa shape index (κ3) is 4.00. The van der Waals surface area contributed by atoms with Gasteiger partial charge < -0.3 is 0 Å². The maximum absolute atomic E-state index is 5.02. The van der Waals surface area contributed by atoms with Crippen LogP contribution in [-0.4, -0.2) is 15.0 Å². The fraction of sp³-hybridized carbons (Fsp3) is 0.146. The Kier molecular flexibility index (Phi) is 5.83. The zero-order valence-corrected chi connectivity index (χ0v) is 25.5. The van der Waals surface area contributed by atoms with E-state index in [-0.39, 0.29) is 10.8 Å². The highest BCUT2D eigenvalue weighted by molar-refractivity contribution is 6.09. The van der Waals surface area contributed by atoms with E-state index in [1.54, 1.807) is 0 Å². The molecular weight excluding hydrogens is 534 g/mol. The van der Waals surface area contributed by atoms with E-state index >= 15 is 0 Å². The van der Waals surface area contributed by atoms with Gasteiger partial charge in [0.05, 0.1) is 0 Å². The summed E-state index contributed by atoms with van der Waals surface area (Å²) < 4.78 is 0. The maximum Gasteiger partial charge on any atom is 0.164 e. The maximum atomic E-state index is 5.02. The molecule has 0 spiro atoms. The first-order chi connectivity index (χ1) is 21.3. The van der Waals surface area contributed by atoms with Gasteiger partial charge >= 0.3 is 0 Å². The number of nitrogens with zero attached hydrogens (tertiary/aromatic N) is 3. The van der Waals surface area contributed by atoms with Crippen molar-refractivity contribution in [3.05, 3.63) is 139 Å². The molecule has 1 aliphatic rings. The minimum absolute atomic E-state index is 0.122. The molecule has 1 aliphatic carbocycles. The standard InChI is InChI=1S/C41H33N3/c1-40(2)35-24-30(39-43-37(27-14-7-5-8-15-27)42-38(44-39)28-16-9-6-10-17-28)21-22-32(35)34-23-29-20-19-26-13-11-12-18-31(26)33(29)25-36(34)41(40,3)4/h5-25H,1-4H3. The van der Waals surface area contributed by atoms with Gasteiger partial charge in [0.1, 0.15) is 0 Å². The molecule has 3 nitrogen and oxygen atoms in total. The Morgan fingerprint density at radius 2 is 0.909 bits per heavy atom. The van der Waals surface area contributed by atoms with Crippen molar-refractivity contribution in [1.29, 1.82) is 0 Å². The minimum Gasteiger partial charge on any atom is -0.208 e. The van der Waals surface area contributed by atoms with Gasteiger partial charge in [0.2, 0.25) is 0 Å². The van der Waals surface area contributed by atoms with Crippen molar-refractivity contribution in [2.45, 2.75) is 38.5 Å². The second kappa shape index (κ2) is 9.68. The van der Waals surface area contributed by atoms with Gasteiger partial charge in [0, 0.05) is 16.7 Å². The molecule has 8 rings (SSSR count). The van der Waals surface area contributed by atoms with Crippen molar-refractivity contribution in [2.75, 3.05) is 0 Å². The van der Waals surface area contributed by atoms with Crippen LogP contribution in [-0.2, 0) is 10.8 Å². The molecule has 212 valence electrons. The zero-order valence-electron chi connectivity index (χ0n) is 25.5. The predicted octanol–water partition coefficient (Wildman–Crippen LogP) is 10.4. The summed E-state index contributed by atoms with van der Waals surface area (Å²) in [6.07, 6.45) is 0. The summed E-state index contributed by atoms with van der Waals surface area (Å²) in [6.45, 7) is 9.54. The number of aromatic nitrogens is 3. The SMILES string of the molecule is CC1(C)c2cc(-c3nc(-c4ccccc4)nc(-c4ccccc4)n3)ccc2-c2cc3ccc4ccccc4c3cc2C1(C)C. The molecule has 0 radical (unpaired) electrons. The van der Waals surface area contributed by atoms with Crippen LogP contribution in [0, 0.1) is 0 Å². The molecule has 1 aromatic heterocycles. The third-order valence-corrected chi connectivity index (χ3v) is 10.1. The summed E-state index contributed by atoms with van der Waals surface area (Å²) in [4.78, 5) is 14.9. The van der Waals surface area contributed by atoms with Gasteiger partial charge in [0.15, 0.2) is 17.5 Å². The van der Waals surface area contributed by atoms with E-state index in [0.29, 0.717) is 17.5 Å². The monoisotopic (exact) mass is 567 g/mol. The molecule has 6 aromatic carbocycles. The fourth-order valence-corrected chi connectivity index (χ4v) is 6.84. The third-order valence-electron chi connectivity index (χ3n) is 10.1. The highest BCUT2D eigenvalue weighted by Crippen LogP contribution is 2.55. The van der Waals surface area contributed by atoms with Gasteiger partial charge in [-0.2, -0.15) is 0 Å². The summed E-state index contributed by atoms with van der Waals surface area (Å²) in [7, 11) is 0. The van der Waals surface area contributed by atoms with Crippen molar-refractivity contribution in [2.24, 2.45) is 0 Å². The summed E-state index contributed by atoms with van der Waals surface area (Å²) in [5, 5.41) is 5.17. The van der Waals surface area contributed by atoms with Gasteiger partial charge in [-0.25, -0.2) is 15.0 Å². The lowest BCUT2D eigenvalue weighted by Gasteiger charge is -2.48. The molecule has 0 amide bonds. The van der Waals surface area contributed by atoms with Crippen LogP contribution >= 0.6 is 0 Å². The highest BCUT2D eigenvalue weighted by atomic mass is 15.0. The second-order valence-corrected chi connectivity index (χ2v) is 13.0. The quantitative estimate of drug-likeness (QED) is 0.199. The van der Waals surface area contributed by atoms with E-state index in [0.717, 1.165) is 16.7 Å². The number of benzene rings is 6. The molecule has 0 unspecified atom stereocenters. The molecule has 0 saturated carbocycles. The minimum atomic E-state index is -0.152. The Bertz CT molecular complexity index is 2160. The summed E-state index contributed by atoms with van der Waals surface area (Å²) >= 11 is 0. The van der Waals surface area contributed by atoms with Crippen molar-refractivity contribution in [3.63, 3.8) is 0 Å². The van der Waals surface area contributed by atoms with E-state index in [2.05, 4.69) is 119 Å². The van der Waals surface area contributed by atoms with E-state index in [9.17, 15) is 0 Å². The lowest BCUT2D eigenvalue weighted by atomic mass is 9.55. The molecule has 3 heteroatoms. The lowest BCUT2D eigenvalue weighted by Crippen LogP contribution is -2.43. The Morgan fingerprint density at radius 3 is 1.55 bits per heavy atom. The van der Waals surface area contributed by atoms with Crippen molar-refractivity contribution in [1.82, 2.24) is 15.0 Å². The van der Waals surface area contributed by atoms with Crippen LogP contribution in [0.3, 0.4) is 0 Å². The number of hydrogen-bond donors (Lipinski definition) is 0. The van der Waals surface area contributed by atoms with Gasteiger partial charge in [-0.1, -0.05) is 137 Å². The molecule has 0 fully saturated rings. The smallest absolute Gasteiger partial charge is 0.164 e. The first kappa shape index (κ1) is 26.5. The van der Waals surface area contributed by atoms with Gasteiger partial charge in [-0.3, -0.25) is 0 Å². The van der Waals surface area contributed by atoms with Gasteiger partial charge in [0.25, 0.3) is 0 Å². The average Bonchev–Trinajstić information content (AvgIpc) is 3.07. The zero-order chi connectivity index (χ0) is 30.1. The fourth-order valence-electron chi connectivity index (χ4n) is 6.84. The summed E-state index contributed by atoms with van der Waals surface area (Å²) in [6, 6.07) is 45.2. The average molecular weight is 568 g/mol. The van der Waals surface area contributed by atoms with Crippen LogP contribution in [0.15, 0.2) is 127 Å². The van der Waals surface area contributed by atoms with Crippen LogP contribution < -0.4 is 0 Å². The lowest BCUT2D eigenvalue weighted by molar-refractivity contribution is 0.299. The Balaban J connectivity index is 1.34. The molecule has 0 saturated heterocycles. The Hall–Kier alpha value is -5.15. The van der Waals surface area contributed by atoms with Gasteiger partial charge in [-0.05, 0) is 72.8 Å². The molecule has 1 heterocycles. The van der Waals surface area contributed by atoms with Crippen LogP contribution in [0.2, 0.25) is 0 Å². The first-order valence-electron chi connectivity index (χ1n) is 15.3. The van der Waals surface area contributed by atoms with Crippen LogP contribution in [0.5, 0.6) is 0 Å². The van der Waals surface area contributed by atoms with Crippen molar-refractivity contribution in [3.8, 4) is 45.3 Å². The van der Waals surface area contributed by atoms with E-state index in [1.165, 1.54) is 43.8 Å². The topological polar surface area (TPSA) is 38.7 Å². The molecule has 44 heavy (non-hydrogen) atoms. The van der Waals surface area contributed by atoms with E-state index in [4.69, 9.17) is 15.0 Å². The highest BCUT2D eigenvalue weighted by Gasteiger charge is 2.46. The van der Waals surface area contributed by atoms with Crippen LogP contribution in [0.25, 0.3) is 66.8 Å². The summed E-state index contributed by atoms with van der Waals surface area (Å²) in [5.74, 6) is 2.04. The number of rotatable bonds is 3. The Morgan fingerprint density at radius 1 is 0.386 bits per heavy atom. The number of fused-ring (bicyclic) bond motifs is 6. The molecule has 0 bridgehead atoms. The Labute approximate surface area is 258 Å². The summed E-state index contributed by atoms with van der Waals surface area (Å²) in [5.41, 5.74) is 7.97. The van der Waals surface area contributed by atoms with Crippen molar-refractivity contribution >= 4 is 21.5 Å². The molecule has 7 aromatic rings. The largest absolute Gasteiger partial charge is 0.208 e. The predicted molar refractivity (Wildman–Crippen MR) is 183 cm³/mol. The molecular formula is C41H33N3. The van der Waals surface area contributed by atoms with Gasteiger partial charge in [-0.15, -0.1) is 0 Å². The van der Waals surface area contributed by atoms with Crippen LogP contribution in [0.1, 0.15) is 38.8 Å². The molecule has 0 atom stereocenters.